The van der Waals surface area contributed by atoms with Crippen LogP contribution >= 0.6 is 0 Å². The molecule has 0 fully saturated rings. The highest BCUT2D eigenvalue weighted by molar-refractivity contribution is 6.10. The van der Waals surface area contributed by atoms with Gasteiger partial charge in [-0.1, -0.05) is 30.3 Å². The molecule has 8 nitrogen and oxygen atoms in total. The minimum absolute atomic E-state index is 0.0910. The Morgan fingerprint density at radius 2 is 1.93 bits per heavy atom. The average molecular weight is 374 g/mol. The third kappa shape index (κ3) is 3.07. The van der Waals surface area contributed by atoms with Crippen molar-refractivity contribution in [2.75, 3.05) is 7.11 Å². The van der Waals surface area contributed by atoms with Gasteiger partial charge in [-0.2, -0.15) is 5.10 Å². The van der Waals surface area contributed by atoms with Gasteiger partial charge in [-0.3, -0.25) is 14.9 Å². The molecular formula is C20H14N4O4. The molecule has 0 N–H and O–H groups in total. The Morgan fingerprint density at radius 1 is 1.14 bits per heavy atom. The number of hydrogen-bond donors (Lipinski definition) is 0. The van der Waals surface area contributed by atoms with Crippen molar-refractivity contribution >= 4 is 17.1 Å². The molecule has 0 atom stereocenters. The number of aromatic nitrogens is 3. The van der Waals surface area contributed by atoms with Crippen LogP contribution in [-0.4, -0.2) is 32.4 Å². The second-order valence-electron chi connectivity index (χ2n) is 6.01. The molecule has 2 heterocycles. The normalized spacial score (nSPS) is 10.8. The van der Waals surface area contributed by atoms with Crippen LogP contribution < -0.4 is 4.74 Å². The molecular weight excluding hydrogens is 360 g/mol. The van der Waals surface area contributed by atoms with Gasteiger partial charge in [-0.15, -0.1) is 0 Å². The zero-order valence-corrected chi connectivity index (χ0v) is 14.8. The number of ether oxygens (including phenoxy) is 1. The number of benzene rings is 2. The number of ketones is 1. The quantitative estimate of drug-likeness (QED) is 0.301. The maximum Gasteiger partial charge on any atom is 0.270 e. The van der Waals surface area contributed by atoms with Crippen LogP contribution in [0.4, 0.5) is 5.69 Å². The van der Waals surface area contributed by atoms with E-state index in [4.69, 9.17) is 4.74 Å². The van der Waals surface area contributed by atoms with Gasteiger partial charge < -0.3 is 4.74 Å². The van der Waals surface area contributed by atoms with Gasteiger partial charge in [0.2, 0.25) is 0 Å². The number of nitrogens with zero attached hydrogens (tertiary/aromatic N) is 4. The van der Waals surface area contributed by atoms with Gasteiger partial charge in [0.05, 0.1) is 28.9 Å². The molecule has 0 bridgehead atoms. The molecule has 0 aliphatic carbocycles. The average Bonchev–Trinajstić information content (AvgIpc) is 3.16. The highest BCUT2D eigenvalue weighted by Gasteiger charge is 2.20. The lowest BCUT2D eigenvalue weighted by atomic mass is 10.0. The van der Waals surface area contributed by atoms with Gasteiger partial charge >= 0.3 is 0 Å². The van der Waals surface area contributed by atoms with Gasteiger partial charge in [-0.05, 0) is 6.07 Å². The highest BCUT2D eigenvalue weighted by atomic mass is 16.6. The molecule has 4 aromatic rings. The van der Waals surface area contributed by atoms with Crippen molar-refractivity contribution in [1.82, 2.24) is 14.6 Å². The first-order valence-corrected chi connectivity index (χ1v) is 8.35. The minimum atomic E-state index is -0.558. The molecule has 0 unspecified atom stereocenters. The van der Waals surface area contributed by atoms with Crippen molar-refractivity contribution in [3.63, 3.8) is 0 Å². The topological polar surface area (TPSA) is 99.6 Å². The van der Waals surface area contributed by atoms with Crippen molar-refractivity contribution in [2.45, 2.75) is 0 Å². The lowest BCUT2D eigenvalue weighted by Crippen LogP contribution is -2.07. The number of hydrogen-bond acceptors (Lipinski definition) is 6. The molecule has 2 aromatic heterocycles. The number of fused-ring (bicyclic) bond motifs is 1. The number of carbonyl (C=O) groups is 1. The van der Waals surface area contributed by atoms with Gasteiger partial charge in [0, 0.05) is 36.2 Å². The maximum atomic E-state index is 12.9. The van der Waals surface area contributed by atoms with Crippen LogP contribution in [0.2, 0.25) is 0 Å². The van der Waals surface area contributed by atoms with Crippen molar-refractivity contribution < 1.29 is 14.5 Å². The number of nitro groups is 1. The maximum absolute atomic E-state index is 12.9. The monoisotopic (exact) mass is 374 g/mol. The molecule has 4 rings (SSSR count). The lowest BCUT2D eigenvalue weighted by Gasteiger charge is -2.07. The Bertz CT molecular complexity index is 1200. The van der Waals surface area contributed by atoms with E-state index >= 15 is 0 Å². The summed E-state index contributed by atoms with van der Waals surface area (Å²) in [6.07, 6.45) is 2.97. The molecule has 138 valence electrons. The molecule has 0 aliphatic heterocycles. The number of methoxy groups -OCH3 is 1. The summed E-state index contributed by atoms with van der Waals surface area (Å²) in [6, 6.07) is 15.3. The largest absolute Gasteiger partial charge is 0.496 e. The van der Waals surface area contributed by atoms with E-state index in [0.717, 1.165) is 11.3 Å². The van der Waals surface area contributed by atoms with Gasteiger partial charge in [0.1, 0.15) is 5.75 Å². The summed E-state index contributed by atoms with van der Waals surface area (Å²) in [6.45, 7) is 0. The fraction of sp³-hybridized carbons (Fsp3) is 0.0500. The van der Waals surface area contributed by atoms with Crippen molar-refractivity contribution in [3.8, 4) is 17.0 Å². The molecule has 0 amide bonds. The van der Waals surface area contributed by atoms with E-state index in [2.05, 4.69) is 10.1 Å². The first-order valence-electron chi connectivity index (χ1n) is 8.35. The van der Waals surface area contributed by atoms with Crippen LogP contribution in [0, 0.1) is 10.1 Å². The summed E-state index contributed by atoms with van der Waals surface area (Å²) in [5, 5.41) is 15.5. The molecule has 28 heavy (non-hydrogen) atoms. The predicted octanol–water partition coefficient (Wildman–Crippen LogP) is 3.54. The Hall–Kier alpha value is -4.07. The van der Waals surface area contributed by atoms with Crippen LogP contribution in [0.15, 0.2) is 67.0 Å². The SMILES string of the molecule is COc1ccc([N+](=O)[O-])cc1C(=O)c1cnc2cc(-c3ccccc3)nn2c1. The predicted molar refractivity (Wildman–Crippen MR) is 102 cm³/mol. The van der Waals surface area contributed by atoms with E-state index in [0.29, 0.717) is 5.65 Å². The fourth-order valence-corrected chi connectivity index (χ4v) is 2.89. The van der Waals surface area contributed by atoms with Gasteiger partial charge in [0.25, 0.3) is 5.69 Å². The molecule has 0 aliphatic rings. The second-order valence-corrected chi connectivity index (χ2v) is 6.01. The first kappa shape index (κ1) is 17.3. The van der Waals surface area contributed by atoms with Crippen molar-refractivity contribution in [1.29, 1.82) is 0 Å². The Balaban J connectivity index is 1.76. The van der Waals surface area contributed by atoms with Crippen LogP contribution in [0.5, 0.6) is 5.75 Å². The van der Waals surface area contributed by atoms with E-state index < -0.39 is 10.7 Å². The smallest absolute Gasteiger partial charge is 0.270 e. The number of non-ortho nitro benzene ring substituents is 1. The van der Waals surface area contributed by atoms with Crippen molar-refractivity contribution in [3.05, 3.63) is 88.2 Å². The van der Waals surface area contributed by atoms with E-state index in [-0.39, 0.29) is 22.6 Å². The first-order chi connectivity index (χ1) is 13.6. The van der Waals surface area contributed by atoms with Crippen molar-refractivity contribution in [2.24, 2.45) is 0 Å². The zero-order valence-electron chi connectivity index (χ0n) is 14.8. The van der Waals surface area contributed by atoms with Crippen LogP contribution in [0.1, 0.15) is 15.9 Å². The Kier molecular flexibility index (Phi) is 4.29. The minimum Gasteiger partial charge on any atom is -0.496 e. The zero-order chi connectivity index (χ0) is 19.7. The second kappa shape index (κ2) is 6.92. The third-order valence-corrected chi connectivity index (χ3v) is 4.28. The van der Waals surface area contributed by atoms with Gasteiger partial charge in [-0.25, -0.2) is 9.50 Å². The summed E-state index contributed by atoms with van der Waals surface area (Å²) in [7, 11) is 1.40. The number of rotatable bonds is 5. The number of nitro benzene ring substituents is 1. The van der Waals surface area contributed by atoms with E-state index in [9.17, 15) is 14.9 Å². The Labute approximate surface area is 159 Å². The Morgan fingerprint density at radius 3 is 2.64 bits per heavy atom. The molecule has 0 saturated heterocycles. The summed E-state index contributed by atoms with van der Waals surface area (Å²) < 4.78 is 6.70. The van der Waals surface area contributed by atoms with Gasteiger partial charge in [0.15, 0.2) is 11.4 Å². The lowest BCUT2D eigenvalue weighted by molar-refractivity contribution is -0.384. The highest BCUT2D eigenvalue weighted by Crippen LogP contribution is 2.26. The van der Waals surface area contributed by atoms with E-state index in [1.54, 1.807) is 6.20 Å². The van der Waals surface area contributed by atoms with E-state index in [1.165, 1.54) is 36.0 Å². The fourth-order valence-electron chi connectivity index (χ4n) is 2.89. The molecule has 2 aromatic carbocycles. The summed E-state index contributed by atoms with van der Waals surface area (Å²) >= 11 is 0. The van der Waals surface area contributed by atoms with Crippen LogP contribution in [-0.2, 0) is 0 Å². The molecule has 0 radical (unpaired) electrons. The number of carbonyl (C=O) groups excluding carboxylic acids is 1. The summed E-state index contributed by atoms with van der Waals surface area (Å²) in [5.41, 5.74) is 2.39. The standard InChI is InChI=1S/C20H14N4O4/c1-28-18-8-7-15(24(26)27)9-16(18)20(25)14-11-21-19-10-17(22-23(19)12-14)13-5-3-2-4-6-13/h2-12H,1H3. The molecule has 0 saturated carbocycles. The van der Waals surface area contributed by atoms with Crippen LogP contribution in [0.3, 0.4) is 0 Å². The summed E-state index contributed by atoms with van der Waals surface area (Å²) in [4.78, 5) is 27.7. The van der Waals surface area contributed by atoms with Crippen LogP contribution in [0.25, 0.3) is 16.9 Å². The molecule has 0 spiro atoms. The summed E-state index contributed by atoms with van der Waals surface area (Å²) in [5.74, 6) is -0.187. The third-order valence-electron chi connectivity index (χ3n) is 4.28. The molecule has 8 heteroatoms. The van der Waals surface area contributed by atoms with E-state index in [1.807, 2.05) is 36.4 Å².